The van der Waals surface area contributed by atoms with Gasteiger partial charge in [0.2, 0.25) is 0 Å². The molecule has 9 heteroatoms. The molecule has 1 aromatic heterocycles. The third kappa shape index (κ3) is 5.56. The number of hydrogen-bond acceptors (Lipinski definition) is 5. The van der Waals surface area contributed by atoms with Crippen LogP contribution in [0.15, 0.2) is 41.0 Å². The summed E-state index contributed by atoms with van der Waals surface area (Å²) in [5.41, 5.74) is -0.0937. The molecule has 0 saturated carbocycles. The maximum absolute atomic E-state index is 13.8. The van der Waals surface area contributed by atoms with Crippen molar-refractivity contribution in [2.75, 3.05) is 5.32 Å². The highest BCUT2D eigenvalue weighted by Crippen LogP contribution is 2.19. The summed E-state index contributed by atoms with van der Waals surface area (Å²) in [5, 5.41) is 5.02. The van der Waals surface area contributed by atoms with Gasteiger partial charge in [-0.25, -0.2) is 9.18 Å². The lowest BCUT2D eigenvalue weighted by molar-refractivity contribution is -0.156. The minimum atomic E-state index is -1.22. The minimum absolute atomic E-state index is 0.0439. The number of anilines is 1. The average Bonchev–Trinajstić information content (AvgIpc) is 3.16. The Morgan fingerprint density at radius 2 is 1.89 bits per heavy atom. The van der Waals surface area contributed by atoms with Crippen LogP contribution in [0, 0.1) is 11.7 Å². The van der Waals surface area contributed by atoms with Gasteiger partial charge in [0.1, 0.15) is 11.9 Å². The number of carbonyl (C=O) groups excluding carboxylic acids is 3. The van der Waals surface area contributed by atoms with Gasteiger partial charge in [0, 0.05) is 5.02 Å². The fourth-order valence-electron chi connectivity index (χ4n) is 2.24. The number of amides is 2. The number of esters is 1. The molecule has 0 fully saturated rings. The number of ether oxygens (including phenoxy) is 1. The third-order valence-corrected chi connectivity index (χ3v) is 4.04. The number of rotatable bonds is 7. The Hall–Kier alpha value is -2.87. The number of carbonyl (C=O) groups is 3. The van der Waals surface area contributed by atoms with Crippen LogP contribution in [0.2, 0.25) is 5.02 Å². The predicted octanol–water partition coefficient (Wildman–Crippen LogP) is 3.40. The molecule has 7 nitrogen and oxygen atoms in total. The van der Waals surface area contributed by atoms with Crippen molar-refractivity contribution < 1.29 is 27.9 Å². The van der Waals surface area contributed by atoms with E-state index in [1.54, 1.807) is 19.9 Å². The molecule has 28 heavy (non-hydrogen) atoms. The van der Waals surface area contributed by atoms with E-state index in [4.69, 9.17) is 20.8 Å². The number of furan rings is 1. The van der Waals surface area contributed by atoms with Crippen LogP contribution in [0.5, 0.6) is 0 Å². The van der Waals surface area contributed by atoms with E-state index in [9.17, 15) is 18.8 Å². The van der Waals surface area contributed by atoms with Crippen LogP contribution in [-0.4, -0.2) is 29.9 Å². The van der Waals surface area contributed by atoms with E-state index in [2.05, 4.69) is 10.6 Å². The van der Waals surface area contributed by atoms with Gasteiger partial charge < -0.3 is 19.8 Å². The topological polar surface area (TPSA) is 97.6 Å². The molecule has 2 atom stereocenters. The van der Waals surface area contributed by atoms with Crippen molar-refractivity contribution in [2.45, 2.75) is 32.9 Å². The second-order valence-corrected chi connectivity index (χ2v) is 6.80. The summed E-state index contributed by atoms with van der Waals surface area (Å²) in [6.45, 7) is 4.76. The Labute approximate surface area is 166 Å². The Morgan fingerprint density at radius 1 is 1.18 bits per heavy atom. The molecule has 2 amide bonds. The van der Waals surface area contributed by atoms with Gasteiger partial charge in [-0.3, -0.25) is 9.59 Å². The average molecular weight is 411 g/mol. The van der Waals surface area contributed by atoms with Crippen molar-refractivity contribution in [1.82, 2.24) is 5.32 Å². The zero-order valence-electron chi connectivity index (χ0n) is 15.5. The third-order valence-electron chi connectivity index (χ3n) is 3.80. The molecule has 0 aliphatic rings. The molecular weight excluding hydrogens is 391 g/mol. The summed E-state index contributed by atoms with van der Waals surface area (Å²) in [5.74, 6) is -3.09. The number of hydrogen-bond donors (Lipinski definition) is 2. The molecule has 0 radical (unpaired) electrons. The van der Waals surface area contributed by atoms with Crippen molar-refractivity contribution >= 4 is 35.1 Å². The highest BCUT2D eigenvalue weighted by molar-refractivity contribution is 6.30. The first-order valence-corrected chi connectivity index (χ1v) is 8.87. The lowest BCUT2D eigenvalue weighted by Crippen LogP contribution is -2.47. The van der Waals surface area contributed by atoms with E-state index < -0.39 is 35.7 Å². The van der Waals surface area contributed by atoms with Crippen molar-refractivity contribution in [2.24, 2.45) is 5.92 Å². The molecule has 2 aromatic rings. The van der Waals surface area contributed by atoms with Crippen molar-refractivity contribution in [1.29, 1.82) is 0 Å². The number of benzene rings is 1. The quantitative estimate of drug-likeness (QED) is 0.682. The van der Waals surface area contributed by atoms with Crippen molar-refractivity contribution in [3.05, 3.63) is 53.2 Å². The SMILES string of the molecule is CC(OC(=O)[C@@H](NC(=O)c1ccco1)C(C)C)C(=O)Nc1ccc(Cl)cc1F. The van der Waals surface area contributed by atoms with E-state index in [0.29, 0.717) is 0 Å². The van der Waals surface area contributed by atoms with Gasteiger partial charge in [-0.05, 0) is 43.2 Å². The first kappa shape index (κ1) is 21.4. The van der Waals surface area contributed by atoms with Gasteiger partial charge in [0.15, 0.2) is 11.9 Å². The zero-order chi connectivity index (χ0) is 20.8. The Balaban J connectivity index is 1.99. The molecule has 1 unspecified atom stereocenters. The molecule has 150 valence electrons. The molecule has 0 bridgehead atoms. The normalized spacial score (nSPS) is 12.9. The van der Waals surface area contributed by atoms with E-state index >= 15 is 0 Å². The summed E-state index contributed by atoms with van der Waals surface area (Å²) in [6, 6.07) is 5.75. The first-order valence-electron chi connectivity index (χ1n) is 8.49. The summed E-state index contributed by atoms with van der Waals surface area (Å²) < 4.78 is 23.9. The van der Waals surface area contributed by atoms with E-state index in [-0.39, 0.29) is 22.4 Å². The number of nitrogens with one attached hydrogen (secondary N) is 2. The molecule has 2 rings (SSSR count). The van der Waals surface area contributed by atoms with Gasteiger partial charge in [-0.15, -0.1) is 0 Å². The summed E-state index contributed by atoms with van der Waals surface area (Å²) >= 11 is 5.66. The minimum Gasteiger partial charge on any atom is -0.459 e. The standard InChI is InChI=1S/C19H20ClFN2O5/c1-10(2)16(23-18(25)15-5-4-8-27-15)19(26)28-11(3)17(24)22-14-7-6-12(20)9-13(14)21/h4-11,16H,1-3H3,(H,22,24)(H,23,25)/t11?,16-/m0/s1. The van der Waals surface area contributed by atoms with Crippen molar-refractivity contribution in [3.63, 3.8) is 0 Å². The Bertz CT molecular complexity index is 854. The lowest BCUT2D eigenvalue weighted by Gasteiger charge is -2.22. The summed E-state index contributed by atoms with van der Waals surface area (Å²) in [7, 11) is 0. The van der Waals surface area contributed by atoms with Gasteiger partial charge in [0.25, 0.3) is 11.8 Å². The maximum Gasteiger partial charge on any atom is 0.329 e. The second-order valence-electron chi connectivity index (χ2n) is 6.36. The van der Waals surface area contributed by atoms with Crippen LogP contribution < -0.4 is 10.6 Å². The molecule has 1 heterocycles. The van der Waals surface area contributed by atoms with E-state index in [0.717, 1.165) is 6.07 Å². The molecule has 0 spiro atoms. The fourth-order valence-corrected chi connectivity index (χ4v) is 2.40. The summed E-state index contributed by atoms with van der Waals surface area (Å²) in [6.07, 6.45) is 0.115. The van der Waals surface area contributed by atoms with Gasteiger partial charge in [-0.2, -0.15) is 0 Å². The molecule has 2 N–H and O–H groups in total. The predicted molar refractivity (Wildman–Crippen MR) is 100 cm³/mol. The molecule has 0 aliphatic carbocycles. The van der Waals surface area contributed by atoms with E-state index in [1.807, 2.05) is 0 Å². The Morgan fingerprint density at radius 3 is 2.46 bits per heavy atom. The van der Waals surface area contributed by atoms with Crippen LogP contribution in [-0.2, 0) is 14.3 Å². The van der Waals surface area contributed by atoms with Crippen LogP contribution >= 0.6 is 11.6 Å². The number of halogens is 2. The maximum atomic E-state index is 13.8. The molecule has 1 aromatic carbocycles. The van der Waals surface area contributed by atoms with Gasteiger partial charge in [0.05, 0.1) is 12.0 Å². The fraction of sp³-hybridized carbons (Fsp3) is 0.316. The van der Waals surface area contributed by atoms with Crippen LogP contribution in [0.25, 0.3) is 0 Å². The molecule has 0 saturated heterocycles. The van der Waals surface area contributed by atoms with Gasteiger partial charge >= 0.3 is 5.97 Å². The van der Waals surface area contributed by atoms with Crippen LogP contribution in [0.1, 0.15) is 31.3 Å². The highest BCUT2D eigenvalue weighted by atomic mass is 35.5. The molecular formula is C19H20ClFN2O5. The van der Waals surface area contributed by atoms with Crippen molar-refractivity contribution in [3.8, 4) is 0 Å². The van der Waals surface area contributed by atoms with Gasteiger partial charge in [-0.1, -0.05) is 25.4 Å². The van der Waals surface area contributed by atoms with E-state index in [1.165, 1.54) is 31.4 Å². The lowest BCUT2D eigenvalue weighted by atomic mass is 10.0. The second kappa shape index (κ2) is 9.36. The van der Waals surface area contributed by atoms with Crippen LogP contribution in [0.3, 0.4) is 0 Å². The molecule has 0 aliphatic heterocycles. The van der Waals surface area contributed by atoms with Crippen LogP contribution in [0.4, 0.5) is 10.1 Å². The largest absolute Gasteiger partial charge is 0.459 e. The Kier molecular flexibility index (Phi) is 7.17. The zero-order valence-corrected chi connectivity index (χ0v) is 16.2. The highest BCUT2D eigenvalue weighted by Gasteiger charge is 2.30. The monoisotopic (exact) mass is 410 g/mol. The summed E-state index contributed by atoms with van der Waals surface area (Å²) in [4.78, 5) is 36.7. The first-order chi connectivity index (χ1) is 13.2. The smallest absolute Gasteiger partial charge is 0.329 e.